The van der Waals surface area contributed by atoms with Crippen LogP contribution in [0.4, 0.5) is 0 Å². The highest BCUT2D eigenvalue weighted by molar-refractivity contribution is 7.89. The summed E-state index contributed by atoms with van der Waals surface area (Å²) in [6, 6.07) is 7.16. The Morgan fingerprint density at radius 3 is 2.62 bits per heavy atom. The number of amides is 1. The summed E-state index contributed by atoms with van der Waals surface area (Å²) in [6.45, 7) is 5.42. The molecule has 1 aromatic heterocycles. The van der Waals surface area contributed by atoms with E-state index in [1.54, 1.807) is 22.5 Å². The Morgan fingerprint density at radius 2 is 1.92 bits per heavy atom. The van der Waals surface area contributed by atoms with E-state index >= 15 is 0 Å². The Bertz CT molecular complexity index is 883. The monoisotopic (exact) mass is 377 g/mol. The number of nitrogens with one attached hydrogen (secondary N) is 1. The van der Waals surface area contributed by atoms with Gasteiger partial charge in [-0.25, -0.2) is 8.42 Å². The van der Waals surface area contributed by atoms with Gasteiger partial charge in [0.2, 0.25) is 15.9 Å². The van der Waals surface area contributed by atoms with Crippen LogP contribution in [0.1, 0.15) is 39.5 Å². The van der Waals surface area contributed by atoms with Crippen LogP contribution < -0.4 is 5.32 Å². The first-order valence-electron chi connectivity index (χ1n) is 9.30. The first kappa shape index (κ1) is 18.9. The zero-order valence-corrected chi connectivity index (χ0v) is 16.3. The molecule has 0 spiro atoms. The molecule has 0 unspecified atom stereocenters. The van der Waals surface area contributed by atoms with Gasteiger partial charge < -0.3 is 9.88 Å². The lowest BCUT2D eigenvalue weighted by Crippen LogP contribution is -2.35. The van der Waals surface area contributed by atoms with Gasteiger partial charge in [-0.1, -0.05) is 13.3 Å². The van der Waals surface area contributed by atoms with Gasteiger partial charge in [-0.05, 0) is 50.5 Å². The number of carbonyl (C=O) groups is 1. The predicted octanol–water partition coefficient (Wildman–Crippen LogP) is 2.73. The van der Waals surface area contributed by atoms with Crippen LogP contribution in [-0.2, 0) is 21.4 Å². The molecule has 1 aliphatic heterocycles. The molecule has 26 heavy (non-hydrogen) atoms. The molecule has 1 saturated heterocycles. The van der Waals surface area contributed by atoms with Crippen molar-refractivity contribution in [1.82, 2.24) is 14.2 Å². The molecule has 0 saturated carbocycles. The number of carbonyl (C=O) groups excluding carboxylic acids is 1. The van der Waals surface area contributed by atoms with Crippen molar-refractivity contribution in [3.63, 3.8) is 0 Å². The second kappa shape index (κ2) is 7.80. The summed E-state index contributed by atoms with van der Waals surface area (Å²) < 4.78 is 29.1. The van der Waals surface area contributed by atoms with Crippen LogP contribution in [0, 0.1) is 0 Å². The Hall–Kier alpha value is -1.86. The molecule has 0 aliphatic carbocycles. The average molecular weight is 378 g/mol. The maximum atomic E-state index is 12.8. The molecular weight excluding hydrogens is 350 g/mol. The van der Waals surface area contributed by atoms with Crippen LogP contribution in [0.15, 0.2) is 35.4 Å². The lowest BCUT2D eigenvalue weighted by Gasteiger charge is -2.25. The molecule has 142 valence electrons. The zero-order valence-electron chi connectivity index (χ0n) is 15.4. The lowest BCUT2D eigenvalue weighted by molar-refractivity contribution is -0.122. The zero-order chi connectivity index (χ0) is 18.7. The highest BCUT2D eigenvalue weighted by Crippen LogP contribution is 2.25. The summed E-state index contributed by atoms with van der Waals surface area (Å²) in [5, 5.41) is 3.78. The van der Waals surface area contributed by atoms with Crippen molar-refractivity contribution in [3.05, 3.63) is 30.5 Å². The van der Waals surface area contributed by atoms with Gasteiger partial charge in [-0.15, -0.1) is 0 Å². The van der Waals surface area contributed by atoms with Crippen LogP contribution in [-0.4, -0.2) is 42.3 Å². The Morgan fingerprint density at radius 1 is 1.19 bits per heavy atom. The second-order valence-electron chi connectivity index (χ2n) is 7.01. The van der Waals surface area contributed by atoms with Crippen molar-refractivity contribution in [1.29, 1.82) is 0 Å². The summed E-state index contributed by atoms with van der Waals surface area (Å²) in [5.41, 5.74) is 0.863. The first-order chi connectivity index (χ1) is 12.4. The molecule has 1 atom stereocenters. The number of sulfonamides is 1. The second-order valence-corrected chi connectivity index (χ2v) is 8.94. The van der Waals surface area contributed by atoms with Gasteiger partial charge in [0.15, 0.2) is 0 Å². The van der Waals surface area contributed by atoms with Gasteiger partial charge in [0.05, 0.1) is 4.90 Å². The van der Waals surface area contributed by atoms with Gasteiger partial charge >= 0.3 is 0 Å². The SMILES string of the molecule is CC[C@H](C)NC(=O)Cn1ccc2cc(S(=O)(=O)N3CCCCC3)ccc21. The molecule has 1 amide bonds. The minimum absolute atomic E-state index is 0.0399. The highest BCUT2D eigenvalue weighted by atomic mass is 32.2. The third-order valence-electron chi connectivity index (χ3n) is 5.03. The Labute approximate surface area is 155 Å². The largest absolute Gasteiger partial charge is 0.352 e. The van der Waals surface area contributed by atoms with Crippen LogP contribution in [0.5, 0.6) is 0 Å². The first-order valence-corrected chi connectivity index (χ1v) is 10.7. The van der Waals surface area contributed by atoms with Crippen LogP contribution in [0.2, 0.25) is 0 Å². The molecule has 3 rings (SSSR count). The summed E-state index contributed by atoms with van der Waals surface area (Å²) in [4.78, 5) is 12.4. The quantitative estimate of drug-likeness (QED) is 0.841. The van der Waals surface area contributed by atoms with E-state index < -0.39 is 10.0 Å². The summed E-state index contributed by atoms with van der Waals surface area (Å²) in [5.74, 6) is -0.0399. The average Bonchev–Trinajstić information content (AvgIpc) is 3.04. The van der Waals surface area contributed by atoms with Crippen LogP contribution in [0.25, 0.3) is 10.9 Å². The fraction of sp³-hybridized carbons (Fsp3) is 0.526. The fourth-order valence-electron chi connectivity index (χ4n) is 3.31. The molecule has 1 aliphatic rings. The lowest BCUT2D eigenvalue weighted by atomic mass is 10.2. The summed E-state index contributed by atoms with van der Waals surface area (Å²) >= 11 is 0. The highest BCUT2D eigenvalue weighted by Gasteiger charge is 2.26. The smallest absolute Gasteiger partial charge is 0.243 e. The molecule has 1 N–H and O–H groups in total. The summed E-state index contributed by atoms with van der Waals surface area (Å²) in [7, 11) is -3.44. The minimum atomic E-state index is -3.44. The molecule has 7 heteroatoms. The topological polar surface area (TPSA) is 71.4 Å². The molecule has 0 radical (unpaired) electrons. The third kappa shape index (κ3) is 3.94. The standard InChI is InChI=1S/C19H27N3O3S/c1-3-15(2)20-19(23)14-21-12-9-16-13-17(7-8-18(16)21)26(24,25)22-10-5-4-6-11-22/h7-9,12-13,15H,3-6,10-11,14H2,1-2H3,(H,20,23)/t15-/m0/s1. The Kier molecular flexibility index (Phi) is 5.67. The van der Waals surface area contributed by atoms with Gasteiger partial charge in [0.25, 0.3) is 0 Å². The Balaban J connectivity index is 1.81. The maximum Gasteiger partial charge on any atom is 0.243 e. The molecule has 1 aromatic carbocycles. The molecule has 6 nitrogen and oxygen atoms in total. The summed E-state index contributed by atoms with van der Waals surface area (Å²) in [6.07, 6.45) is 5.65. The van der Waals surface area contributed by atoms with Crippen molar-refractivity contribution in [2.24, 2.45) is 0 Å². The molecular formula is C19H27N3O3S. The van der Waals surface area contributed by atoms with E-state index in [0.717, 1.165) is 36.6 Å². The van der Waals surface area contributed by atoms with E-state index in [9.17, 15) is 13.2 Å². The number of aromatic nitrogens is 1. The number of hydrogen-bond acceptors (Lipinski definition) is 3. The van der Waals surface area contributed by atoms with Crippen molar-refractivity contribution in [3.8, 4) is 0 Å². The van der Waals surface area contributed by atoms with E-state index in [0.29, 0.717) is 18.0 Å². The van der Waals surface area contributed by atoms with Crippen molar-refractivity contribution < 1.29 is 13.2 Å². The van der Waals surface area contributed by atoms with Crippen molar-refractivity contribution in [2.75, 3.05) is 13.1 Å². The number of benzene rings is 1. The molecule has 0 bridgehead atoms. The van der Waals surface area contributed by atoms with E-state index in [1.165, 1.54) is 0 Å². The third-order valence-corrected chi connectivity index (χ3v) is 6.92. The normalized spacial score (nSPS) is 17.3. The van der Waals surface area contributed by atoms with Gasteiger partial charge in [0, 0.05) is 36.2 Å². The molecule has 2 aromatic rings. The minimum Gasteiger partial charge on any atom is -0.352 e. The van der Waals surface area contributed by atoms with E-state index in [-0.39, 0.29) is 18.5 Å². The number of hydrogen-bond donors (Lipinski definition) is 1. The van der Waals surface area contributed by atoms with Gasteiger partial charge in [-0.2, -0.15) is 4.31 Å². The van der Waals surface area contributed by atoms with Gasteiger partial charge in [0.1, 0.15) is 6.54 Å². The number of piperidine rings is 1. The van der Waals surface area contributed by atoms with Crippen molar-refractivity contribution in [2.45, 2.75) is 57.0 Å². The van der Waals surface area contributed by atoms with E-state index in [2.05, 4.69) is 5.32 Å². The number of rotatable bonds is 6. The number of fused-ring (bicyclic) bond motifs is 1. The van der Waals surface area contributed by atoms with E-state index in [4.69, 9.17) is 0 Å². The maximum absolute atomic E-state index is 12.8. The van der Waals surface area contributed by atoms with Crippen LogP contribution >= 0.6 is 0 Å². The predicted molar refractivity (Wildman–Crippen MR) is 102 cm³/mol. The van der Waals surface area contributed by atoms with Crippen LogP contribution in [0.3, 0.4) is 0 Å². The fourth-order valence-corrected chi connectivity index (χ4v) is 4.86. The van der Waals surface area contributed by atoms with Crippen molar-refractivity contribution >= 4 is 26.8 Å². The van der Waals surface area contributed by atoms with E-state index in [1.807, 2.05) is 30.7 Å². The molecule has 2 heterocycles. The molecule has 1 fully saturated rings. The number of nitrogens with zero attached hydrogens (tertiary/aromatic N) is 2. The van der Waals surface area contributed by atoms with Gasteiger partial charge in [-0.3, -0.25) is 4.79 Å².